The predicted octanol–water partition coefficient (Wildman–Crippen LogP) is 1.71. The number of nitrogens with zero attached hydrogens (tertiary/aromatic N) is 1. The smallest absolute Gasteiger partial charge is 0.308 e. The van der Waals surface area contributed by atoms with Crippen molar-refractivity contribution in [2.24, 2.45) is 0 Å². The van der Waals surface area contributed by atoms with Gasteiger partial charge in [-0.25, -0.2) is 0 Å². The van der Waals surface area contributed by atoms with E-state index in [2.05, 4.69) is 23.2 Å². The van der Waals surface area contributed by atoms with Crippen molar-refractivity contribution in [3.8, 4) is 29.4 Å². The van der Waals surface area contributed by atoms with Crippen molar-refractivity contribution in [3.05, 3.63) is 23.3 Å². The number of aliphatic hydroxyl groups is 1. The zero-order valence-electron chi connectivity index (χ0n) is 15.6. The Kier molecular flexibility index (Phi) is 10.1. The number of amides is 1. The molecular weight excluding hydrogens is 348 g/mol. The van der Waals surface area contributed by atoms with E-state index in [1.807, 2.05) is 0 Å². The lowest BCUT2D eigenvalue weighted by Gasteiger charge is -2.13. The average molecular weight is 372 g/mol. The van der Waals surface area contributed by atoms with Crippen LogP contribution in [0.2, 0.25) is 0 Å². The average Bonchev–Trinajstić information content (AvgIpc) is 2.65. The van der Waals surface area contributed by atoms with E-state index in [1.165, 1.54) is 14.0 Å². The molecule has 27 heavy (non-hydrogen) atoms. The molecule has 0 aliphatic rings. The number of unbranched alkanes of at least 4 members (excludes halogenated alkanes) is 2. The number of aryl methyl sites for hydroxylation is 1. The number of nitriles is 1. The van der Waals surface area contributed by atoms with Crippen LogP contribution in [0.3, 0.4) is 0 Å². The van der Waals surface area contributed by atoms with Gasteiger partial charge in [0.05, 0.1) is 25.3 Å². The summed E-state index contributed by atoms with van der Waals surface area (Å²) in [5.41, 5.74) is 1.30. The van der Waals surface area contributed by atoms with Crippen LogP contribution in [0.25, 0.3) is 0 Å². The molecule has 1 aromatic rings. The van der Waals surface area contributed by atoms with E-state index in [9.17, 15) is 9.59 Å². The van der Waals surface area contributed by atoms with Gasteiger partial charge in [-0.1, -0.05) is 11.8 Å². The number of nitrogens with one attached hydrogen (secondary N) is 1. The summed E-state index contributed by atoms with van der Waals surface area (Å²) >= 11 is 0. The Morgan fingerprint density at radius 2 is 2.07 bits per heavy atom. The number of ether oxygens (including phenoxy) is 2. The third-order valence-corrected chi connectivity index (χ3v) is 3.47. The number of benzene rings is 1. The number of carbonyl (C=O) groups is 2. The second kappa shape index (κ2) is 12.3. The highest BCUT2D eigenvalue weighted by molar-refractivity contribution is 5.76. The SMILES string of the molecule is COc1cc(CCC(=O)NCCO)cc(C#CCCCC#N)c1OC(C)=O. The molecule has 7 nitrogen and oxygen atoms in total. The maximum absolute atomic E-state index is 11.7. The maximum atomic E-state index is 11.7. The minimum Gasteiger partial charge on any atom is -0.493 e. The largest absolute Gasteiger partial charge is 0.493 e. The van der Waals surface area contributed by atoms with Gasteiger partial charge in [-0.2, -0.15) is 5.26 Å². The van der Waals surface area contributed by atoms with E-state index in [0.717, 1.165) is 5.56 Å². The fourth-order valence-electron chi connectivity index (χ4n) is 2.25. The van der Waals surface area contributed by atoms with Crippen LogP contribution >= 0.6 is 0 Å². The van der Waals surface area contributed by atoms with Gasteiger partial charge in [-0.15, -0.1) is 0 Å². The number of aliphatic hydroxyl groups excluding tert-OH is 1. The Labute approximate surface area is 159 Å². The highest BCUT2D eigenvalue weighted by Gasteiger charge is 2.15. The van der Waals surface area contributed by atoms with Crippen molar-refractivity contribution in [2.75, 3.05) is 20.3 Å². The van der Waals surface area contributed by atoms with E-state index in [-0.39, 0.29) is 31.2 Å². The van der Waals surface area contributed by atoms with Gasteiger partial charge in [-0.3, -0.25) is 9.59 Å². The molecule has 0 radical (unpaired) electrons. The normalized spacial score (nSPS) is 9.56. The molecule has 0 saturated carbocycles. The van der Waals surface area contributed by atoms with Crippen LogP contribution in [-0.4, -0.2) is 37.2 Å². The Morgan fingerprint density at radius 1 is 1.30 bits per heavy atom. The molecule has 0 atom stereocenters. The van der Waals surface area contributed by atoms with Crippen molar-refractivity contribution >= 4 is 11.9 Å². The molecule has 0 fully saturated rings. The maximum Gasteiger partial charge on any atom is 0.308 e. The molecule has 0 aliphatic heterocycles. The van der Waals surface area contributed by atoms with Crippen LogP contribution in [0.15, 0.2) is 12.1 Å². The fraction of sp³-hybridized carbons (Fsp3) is 0.450. The molecule has 144 valence electrons. The van der Waals surface area contributed by atoms with E-state index in [1.54, 1.807) is 12.1 Å². The van der Waals surface area contributed by atoms with Gasteiger partial charge in [0.15, 0.2) is 11.5 Å². The van der Waals surface area contributed by atoms with Crippen molar-refractivity contribution in [3.63, 3.8) is 0 Å². The van der Waals surface area contributed by atoms with Gasteiger partial charge in [0, 0.05) is 32.7 Å². The minimum atomic E-state index is -0.489. The first-order chi connectivity index (χ1) is 13.0. The Bertz CT molecular complexity index is 756. The van der Waals surface area contributed by atoms with Crippen LogP contribution < -0.4 is 14.8 Å². The van der Waals surface area contributed by atoms with Crippen LogP contribution in [0.4, 0.5) is 0 Å². The lowest BCUT2D eigenvalue weighted by atomic mass is 10.0. The number of carbonyl (C=O) groups excluding carboxylic acids is 2. The van der Waals surface area contributed by atoms with E-state index >= 15 is 0 Å². The summed E-state index contributed by atoms with van der Waals surface area (Å²) in [6.07, 6.45) is 2.32. The summed E-state index contributed by atoms with van der Waals surface area (Å²) in [6, 6.07) is 5.53. The highest BCUT2D eigenvalue weighted by atomic mass is 16.6. The summed E-state index contributed by atoms with van der Waals surface area (Å²) in [7, 11) is 1.46. The third-order valence-electron chi connectivity index (χ3n) is 3.47. The van der Waals surface area contributed by atoms with E-state index in [0.29, 0.717) is 37.0 Å². The topological polar surface area (TPSA) is 109 Å². The summed E-state index contributed by atoms with van der Waals surface area (Å²) in [5.74, 6) is 5.87. The molecule has 2 N–H and O–H groups in total. The van der Waals surface area contributed by atoms with Gasteiger partial charge in [0.2, 0.25) is 5.91 Å². The Hall–Kier alpha value is -3.03. The summed E-state index contributed by atoms with van der Waals surface area (Å²) in [6.45, 7) is 1.40. The zero-order valence-corrected chi connectivity index (χ0v) is 15.6. The van der Waals surface area contributed by atoms with Crippen LogP contribution in [0.1, 0.15) is 43.7 Å². The first-order valence-corrected chi connectivity index (χ1v) is 8.64. The molecule has 0 aliphatic carbocycles. The zero-order chi connectivity index (χ0) is 20.1. The molecule has 0 unspecified atom stereocenters. The molecule has 7 heteroatoms. The molecule has 0 spiro atoms. The number of rotatable bonds is 9. The third kappa shape index (κ3) is 8.26. The quantitative estimate of drug-likeness (QED) is 0.296. The minimum absolute atomic E-state index is 0.109. The monoisotopic (exact) mass is 372 g/mol. The lowest BCUT2D eigenvalue weighted by molar-refractivity contribution is -0.132. The second-order valence-electron chi connectivity index (χ2n) is 5.66. The number of methoxy groups -OCH3 is 1. The van der Waals surface area contributed by atoms with E-state index in [4.69, 9.17) is 19.8 Å². The first-order valence-electron chi connectivity index (χ1n) is 8.64. The standard InChI is InChI=1S/C20H24N2O5/c1-15(24)27-20-17(7-5-3-4-6-10-21)13-16(14-18(20)26-2)8-9-19(25)22-11-12-23/h13-14,23H,3-4,6,8-9,11-12H2,1-2H3,(H,22,25). The molecule has 0 saturated heterocycles. The van der Waals surface area contributed by atoms with E-state index < -0.39 is 5.97 Å². The summed E-state index contributed by atoms with van der Waals surface area (Å²) in [4.78, 5) is 23.1. The van der Waals surface area contributed by atoms with Crippen LogP contribution in [0.5, 0.6) is 11.5 Å². The summed E-state index contributed by atoms with van der Waals surface area (Å²) < 4.78 is 10.6. The number of hydrogen-bond donors (Lipinski definition) is 2. The van der Waals surface area contributed by atoms with Crippen molar-refractivity contribution in [1.29, 1.82) is 5.26 Å². The molecule has 1 rings (SSSR count). The van der Waals surface area contributed by atoms with Crippen LogP contribution in [0, 0.1) is 23.2 Å². The molecule has 1 amide bonds. The van der Waals surface area contributed by atoms with Gasteiger partial charge in [0.1, 0.15) is 0 Å². The molecular formula is C20H24N2O5. The van der Waals surface area contributed by atoms with Gasteiger partial charge >= 0.3 is 5.97 Å². The molecule has 0 aromatic heterocycles. The number of hydrogen-bond acceptors (Lipinski definition) is 6. The lowest BCUT2D eigenvalue weighted by Crippen LogP contribution is -2.26. The summed E-state index contributed by atoms with van der Waals surface area (Å²) in [5, 5.41) is 19.9. The Balaban J connectivity index is 3.05. The first kappa shape index (κ1) is 22.0. The highest BCUT2D eigenvalue weighted by Crippen LogP contribution is 2.33. The fourth-order valence-corrected chi connectivity index (χ4v) is 2.25. The molecule has 0 bridgehead atoms. The van der Waals surface area contributed by atoms with Gasteiger partial charge < -0.3 is 19.9 Å². The van der Waals surface area contributed by atoms with Crippen molar-refractivity contribution < 1.29 is 24.2 Å². The molecule has 1 aromatic carbocycles. The molecule has 0 heterocycles. The number of esters is 1. The Morgan fingerprint density at radius 3 is 2.70 bits per heavy atom. The van der Waals surface area contributed by atoms with Gasteiger partial charge in [0.25, 0.3) is 0 Å². The van der Waals surface area contributed by atoms with Gasteiger partial charge in [-0.05, 0) is 30.5 Å². The van der Waals surface area contributed by atoms with Crippen LogP contribution in [-0.2, 0) is 16.0 Å². The van der Waals surface area contributed by atoms with Crippen molar-refractivity contribution in [2.45, 2.75) is 39.0 Å². The second-order valence-corrected chi connectivity index (χ2v) is 5.66. The van der Waals surface area contributed by atoms with Crippen molar-refractivity contribution in [1.82, 2.24) is 5.32 Å². The predicted molar refractivity (Wildman–Crippen MR) is 99.1 cm³/mol.